The van der Waals surface area contributed by atoms with Crippen LogP contribution in [-0.4, -0.2) is 26.8 Å². The Kier molecular flexibility index (Phi) is 5.45. The van der Waals surface area contributed by atoms with E-state index in [1.165, 1.54) is 0 Å². The highest BCUT2D eigenvalue weighted by molar-refractivity contribution is 7.80. The van der Waals surface area contributed by atoms with E-state index in [2.05, 4.69) is 10.4 Å². The van der Waals surface area contributed by atoms with Gasteiger partial charge in [-0.2, -0.15) is 5.10 Å². The van der Waals surface area contributed by atoms with Crippen LogP contribution in [0.25, 0.3) is 0 Å². The van der Waals surface area contributed by atoms with Gasteiger partial charge < -0.3 is 10.2 Å². The summed E-state index contributed by atoms with van der Waals surface area (Å²) in [6.07, 6.45) is 1.82. The van der Waals surface area contributed by atoms with Gasteiger partial charge in [0.25, 0.3) is 0 Å². The third kappa shape index (κ3) is 4.33. The molecular formula is C14H16Cl2N4S. The smallest absolute Gasteiger partial charge is 0.173 e. The van der Waals surface area contributed by atoms with Gasteiger partial charge in [0.15, 0.2) is 5.11 Å². The number of thiocarbonyl (C=S) groups is 1. The monoisotopic (exact) mass is 342 g/mol. The van der Waals surface area contributed by atoms with Crippen LogP contribution < -0.4 is 5.32 Å². The summed E-state index contributed by atoms with van der Waals surface area (Å²) in [5, 5.41) is 9.44. The lowest BCUT2D eigenvalue weighted by molar-refractivity contribution is 0.492. The predicted octanol–water partition coefficient (Wildman–Crippen LogP) is 4.04. The van der Waals surface area contributed by atoms with E-state index in [4.69, 9.17) is 35.4 Å². The lowest BCUT2D eigenvalue weighted by Crippen LogP contribution is -2.30. The fourth-order valence-electron chi connectivity index (χ4n) is 1.79. The van der Waals surface area contributed by atoms with E-state index in [-0.39, 0.29) is 0 Å². The minimum Gasteiger partial charge on any atom is -0.346 e. The molecule has 0 unspecified atom stereocenters. The molecule has 2 rings (SSSR count). The molecule has 0 amide bonds. The molecule has 0 fully saturated rings. The molecule has 1 heterocycles. The number of nitrogens with one attached hydrogen (secondary N) is 1. The molecule has 1 N–H and O–H groups in total. The summed E-state index contributed by atoms with van der Waals surface area (Å²) in [4.78, 5) is 1.88. The minimum absolute atomic E-state index is 0.540. The molecule has 0 aliphatic heterocycles. The average Bonchev–Trinajstić information content (AvgIpc) is 2.79. The minimum atomic E-state index is 0.540. The highest BCUT2D eigenvalue weighted by Crippen LogP contribution is 2.18. The molecule has 0 aliphatic carbocycles. The first-order valence-electron chi connectivity index (χ1n) is 6.49. The number of anilines is 1. The normalized spacial score (nSPS) is 10.5. The Morgan fingerprint density at radius 2 is 2.19 bits per heavy atom. The number of nitrogens with zero attached hydrogens (tertiary/aromatic N) is 3. The van der Waals surface area contributed by atoms with Crippen molar-refractivity contribution in [2.24, 2.45) is 0 Å². The Morgan fingerprint density at radius 1 is 1.43 bits per heavy atom. The SMILES string of the molecule is CCn1cc(Cl)c(CN(C)C(=S)Nc2cccc(Cl)c2)n1. The molecule has 0 aliphatic rings. The number of halogens is 2. The van der Waals surface area contributed by atoms with Crippen LogP contribution in [0.15, 0.2) is 30.5 Å². The molecule has 0 spiro atoms. The molecule has 0 saturated carbocycles. The van der Waals surface area contributed by atoms with Crippen molar-refractivity contribution in [2.75, 3.05) is 12.4 Å². The molecule has 7 heteroatoms. The van der Waals surface area contributed by atoms with Crippen molar-refractivity contribution in [3.63, 3.8) is 0 Å². The van der Waals surface area contributed by atoms with E-state index in [9.17, 15) is 0 Å². The number of hydrogen-bond donors (Lipinski definition) is 1. The highest BCUT2D eigenvalue weighted by Gasteiger charge is 2.11. The summed E-state index contributed by atoms with van der Waals surface area (Å²) in [6.45, 7) is 3.34. The molecule has 1 aromatic carbocycles. The van der Waals surface area contributed by atoms with Gasteiger partial charge in [-0.3, -0.25) is 4.68 Å². The van der Waals surface area contributed by atoms with Crippen molar-refractivity contribution in [3.05, 3.63) is 46.2 Å². The third-order valence-electron chi connectivity index (χ3n) is 2.92. The van der Waals surface area contributed by atoms with E-state index in [1.807, 2.05) is 49.3 Å². The molecule has 0 bridgehead atoms. The van der Waals surface area contributed by atoms with E-state index in [1.54, 1.807) is 4.68 Å². The van der Waals surface area contributed by atoms with Crippen LogP contribution in [0, 0.1) is 0 Å². The van der Waals surface area contributed by atoms with Crippen molar-refractivity contribution in [2.45, 2.75) is 20.0 Å². The van der Waals surface area contributed by atoms with Gasteiger partial charge in [-0.15, -0.1) is 0 Å². The van der Waals surface area contributed by atoms with Crippen LogP contribution in [0.4, 0.5) is 5.69 Å². The summed E-state index contributed by atoms with van der Waals surface area (Å²) in [7, 11) is 1.89. The van der Waals surface area contributed by atoms with Gasteiger partial charge in [0.2, 0.25) is 0 Å². The van der Waals surface area contributed by atoms with Gasteiger partial charge in [-0.05, 0) is 37.3 Å². The van der Waals surface area contributed by atoms with Crippen molar-refractivity contribution in [3.8, 4) is 0 Å². The third-order valence-corrected chi connectivity index (χ3v) is 3.89. The fourth-order valence-corrected chi connectivity index (χ4v) is 2.37. The molecule has 2 aromatic rings. The Hall–Kier alpha value is -1.30. The van der Waals surface area contributed by atoms with Crippen LogP contribution in [-0.2, 0) is 13.1 Å². The van der Waals surface area contributed by atoms with Crippen LogP contribution in [0.1, 0.15) is 12.6 Å². The van der Waals surface area contributed by atoms with Gasteiger partial charge in [-0.1, -0.05) is 29.3 Å². The second kappa shape index (κ2) is 7.11. The quantitative estimate of drug-likeness (QED) is 0.850. The molecule has 0 saturated heterocycles. The molecule has 112 valence electrons. The van der Waals surface area contributed by atoms with Crippen LogP contribution in [0.5, 0.6) is 0 Å². The van der Waals surface area contributed by atoms with E-state index in [0.29, 0.717) is 21.7 Å². The maximum absolute atomic E-state index is 6.16. The maximum atomic E-state index is 6.16. The second-order valence-corrected chi connectivity index (χ2v) is 5.81. The molecule has 4 nitrogen and oxygen atoms in total. The van der Waals surface area contributed by atoms with Crippen molar-refractivity contribution in [1.82, 2.24) is 14.7 Å². The molecular weight excluding hydrogens is 327 g/mol. The second-order valence-electron chi connectivity index (χ2n) is 4.58. The fraction of sp³-hybridized carbons (Fsp3) is 0.286. The first-order chi connectivity index (χ1) is 9.99. The summed E-state index contributed by atoms with van der Waals surface area (Å²) in [5.41, 5.74) is 1.65. The molecule has 0 atom stereocenters. The molecule has 1 aromatic heterocycles. The number of hydrogen-bond acceptors (Lipinski definition) is 2. The largest absolute Gasteiger partial charge is 0.346 e. The number of aromatic nitrogens is 2. The van der Waals surface area contributed by atoms with E-state index in [0.717, 1.165) is 17.9 Å². The number of rotatable bonds is 4. The van der Waals surface area contributed by atoms with Crippen LogP contribution in [0.2, 0.25) is 10.0 Å². The summed E-state index contributed by atoms with van der Waals surface area (Å²) in [6, 6.07) is 7.41. The zero-order chi connectivity index (χ0) is 15.4. The average molecular weight is 343 g/mol. The van der Waals surface area contributed by atoms with Crippen molar-refractivity contribution in [1.29, 1.82) is 0 Å². The van der Waals surface area contributed by atoms with Gasteiger partial charge in [0, 0.05) is 30.5 Å². The molecule has 0 radical (unpaired) electrons. The predicted molar refractivity (Wildman–Crippen MR) is 92.1 cm³/mol. The van der Waals surface area contributed by atoms with Gasteiger partial charge >= 0.3 is 0 Å². The lowest BCUT2D eigenvalue weighted by Gasteiger charge is -2.20. The zero-order valence-corrected chi connectivity index (χ0v) is 14.1. The van der Waals surface area contributed by atoms with Crippen LogP contribution in [0.3, 0.4) is 0 Å². The highest BCUT2D eigenvalue weighted by atomic mass is 35.5. The maximum Gasteiger partial charge on any atom is 0.173 e. The van der Waals surface area contributed by atoms with Gasteiger partial charge in [-0.25, -0.2) is 0 Å². The molecule has 21 heavy (non-hydrogen) atoms. The zero-order valence-electron chi connectivity index (χ0n) is 11.8. The summed E-state index contributed by atoms with van der Waals surface area (Å²) in [5.74, 6) is 0. The van der Waals surface area contributed by atoms with Gasteiger partial charge in [0.1, 0.15) is 5.69 Å². The topological polar surface area (TPSA) is 33.1 Å². The van der Waals surface area contributed by atoms with Crippen LogP contribution >= 0.6 is 35.4 Å². The number of benzene rings is 1. The van der Waals surface area contributed by atoms with Crippen molar-refractivity contribution < 1.29 is 0 Å². The first-order valence-corrected chi connectivity index (χ1v) is 7.65. The Balaban J connectivity index is 2.00. The Labute approximate surface area is 139 Å². The lowest BCUT2D eigenvalue weighted by atomic mass is 10.3. The standard InChI is InChI=1S/C14H16Cl2N4S/c1-3-20-8-12(16)13(18-20)9-19(2)14(21)17-11-6-4-5-10(15)7-11/h4-8H,3,9H2,1-2H3,(H,17,21). The summed E-state index contributed by atoms with van der Waals surface area (Å²) < 4.78 is 1.80. The van der Waals surface area contributed by atoms with Crippen molar-refractivity contribution >= 4 is 46.2 Å². The Morgan fingerprint density at radius 3 is 2.81 bits per heavy atom. The van der Waals surface area contributed by atoms with E-state index >= 15 is 0 Å². The first kappa shape index (κ1) is 16.1. The van der Waals surface area contributed by atoms with E-state index < -0.39 is 0 Å². The summed E-state index contributed by atoms with van der Waals surface area (Å²) >= 11 is 17.5. The van der Waals surface area contributed by atoms with Gasteiger partial charge in [0.05, 0.1) is 11.6 Å². The Bertz CT molecular complexity index is 642. The number of aryl methyl sites for hydroxylation is 1.